The summed E-state index contributed by atoms with van der Waals surface area (Å²) in [5, 5.41) is 3.94. The Morgan fingerprint density at radius 3 is 2.65 bits per heavy atom. The van der Waals surface area contributed by atoms with E-state index in [9.17, 15) is 0 Å². The largest absolute Gasteiger partial charge is 0.377 e. The summed E-state index contributed by atoms with van der Waals surface area (Å²) < 4.78 is 5.61. The third kappa shape index (κ3) is 6.67. The molecule has 3 heteroatoms. The zero-order chi connectivity index (χ0) is 12.3. The Hall–Kier alpha value is -0.570. The molecule has 0 spiro atoms. The van der Waals surface area contributed by atoms with Crippen molar-refractivity contribution < 1.29 is 4.74 Å². The summed E-state index contributed by atoms with van der Waals surface area (Å²) in [4.78, 5) is 0. The van der Waals surface area contributed by atoms with Crippen molar-refractivity contribution in [3.8, 4) is 0 Å². The molecule has 1 aromatic rings. The monoisotopic (exact) mass is 255 g/mol. The van der Waals surface area contributed by atoms with Gasteiger partial charge in [-0.1, -0.05) is 42.6 Å². The molecular formula is C14H22ClNO. The molecule has 0 bridgehead atoms. The lowest BCUT2D eigenvalue weighted by atomic mass is 10.2. The molecule has 0 aromatic heterocycles. The first kappa shape index (κ1) is 14.5. The molecule has 0 radical (unpaired) electrons. The number of ether oxygens (including phenoxy) is 1. The van der Waals surface area contributed by atoms with E-state index in [-0.39, 0.29) is 0 Å². The molecule has 2 nitrogen and oxygen atoms in total. The molecule has 1 rings (SSSR count). The SMILES string of the molecule is CNCCCCCCOCc1ccccc1Cl. The second-order valence-electron chi connectivity index (χ2n) is 4.16. The van der Waals surface area contributed by atoms with Gasteiger partial charge in [-0.3, -0.25) is 0 Å². The normalized spacial score (nSPS) is 10.7. The van der Waals surface area contributed by atoms with Crippen molar-refractivity contribution in [2.24, 2.45) is 0 Å². The van der Waals surface area contributed by atoms with Gasteiger partial charge in [0.2, 0.25) is 0 Å². The van der Waals surface area contributed by atoms with E-state index in [0.29, 0.717) is 6.61 Å². The summed E-state index contributed by atoms with van der Waals surface area (Å²) >= 11 is 6.03. The van der Waals surface area contributed by atoms with Crippen LogP contribution in [0.1, 0.15) is 31.2 Å². The molecule has 1 N–H and O–H groups in total. The zero-order valence-electron chi connectivity index (χ0n) is 10.5. The second-order valence-corrected chi connectivity index (χ2v) is 4.57. The van der Waals surface area contributed by atoms with Gasteiger partial charge in [0.1, 0.15) is 0 Å². The van der Waals surface area contributed by atoms with Gasteiger partial charge in [-0.15, -0.1) is 0 Å². The average molecular weight is 256 g/mol. The molecule has 0 saturated heterocycles. The Morgan fingerprint density at radius 2 is 1.88 bits per heavy atom. The standard InChI is InChI=1S/C14H22ClNO/c1-16-10-6-2-3-7-11-17-12-13-8-4-5-9-14(13)15/h4-5,8-9,16H,2-3,6-7,10-12H2,1H3. The highest BCUT2D eigenvalue weighted by Crippen LogP contribution is 2.15. The number of benzene rings is 1. The van der Waals surface area contributed by atoms with E-state index in [1.807, 2.05) is 31.3 Å². The first-order chi connectivity index (χ1) is 8.34. The fraction of sp³-hybridized carbons (Fsp3) is 0.571. The summed E-state index contributed by atoms with van der Waals surface area (Å²) in [6.45, 7) is 2.56. The quantitative estimate of drug-likeness (QED) is 0.681. The van der Waals surface area contributed by atoms with Crippen molar-refractivity contribution in [1.29, 1.82) is 0 Å². The van der Waals surface area contributed by atoms with Crippen LogP contribution in [0.25, 0.3) is 0 Å². The van der Waals surface area contributed by atoms with Gasteiger partial charge in [0.15, 0.2) is 0 Å². The molecule has 17 heavy (non-hydrogen) atoms. The number of unbranched alkanes of at least 4 members (excludes halogenated alkanes) is 3. The van der Waals surface area contributed by atoms with Crippen LogP contribution < -0.4 is 5.32 Å². The molecule has 0 heterocycles. The fourth-order valence-electron chi connectivity index (χ4n) is 1.66. The lowest BCUT2D eigenvalue weighted by molar-refractivity contribution is 0.117. The lowest BCUT2D eigenvalue weighted by Gasteiger charge is -2.06. The molecule has 0 aliphatic carbocycles. The van der Waals surface area contributed by atoms with Crippen molar-refractivity contribution >= 4 is 11.6 Å². The molecule has 0 aliphatic heterocycles. The highest BCUT2D eigenvalue weighted by Gasteiger charge is 1.98. The van der Waals surface area contributed by atoms with E-state index >= 15 is 0 Å². The smallest absolute Gasteiger partial charge is 0.0731 e. The first-order valence-electron chi connectivity index (χ1n) is 6.30. The van der Waals surface area contributed by atoms with Gasteiger partial charge in [0.25, 0.3) is 0 Å². The van der Waals surface area contributed by atoms with Gasteiger partial charge in [-0.2, -0.15) is 0 Å². The molecule has 0 unspecified atom stereocenters. The molecule has 0 amide bonds. The van der Waals surface area contributed by atoms with E-state index in [1.54, 1.807) is 0 Å². The molecular weight excluding hydrogens is 234 g/mol. The van der Waals surface area contributed by atoms with Crippen LogP contribution in [0.2, 0.25) is 5.02 Å². The predicted molar refractivity (Wildman–Crippen MR) is 73.5 cm³/mol. The summed E-state index contributed by atoms with van der Waals surface area (Å²) in [6.07, 6.45) is 4.90. The molecule has 0 atom stereocenters. The predicted octanol–water partition coefficient (Wildman–Crippen LogP) is 3.64. The van der Waals surface area contributed by atoms with E-state index in [2.05, 4.69) is 5.32 Å². The molecule has 0 fully saturated rings. The van der Waals surface area contributed by atoms with Gasteiger partial charge >= 0.3 is 0 Å². The van der Waals surface area contributed by atoms with E-state index in [4.69, 9.17) is 16.3 Å². The average Bonchev–Trinajstić information content (AvgIpc) is 2.35. The van der Waals surface area contributed by atoms with Crippen molar-refractivity contribution in [3.63, 3.8) is 0 Å². The van der Waals surface area contributed by atoms with Crippen LogP contribution in [0.4, 0.5) is 0 Å². The minimum absolute atomic E-state index is 0.621. The summed E-state index contributed by atoms with van der Waals surface area (Å²) in [5.74, 6) is 0. The lowest BCUT2D eigenvalue weighted by Crippen LogP contribution is -2.07. The van der Waals surface area contributed by atoms with Crippen LogP contribution in [-0.4, -0.2) is 20.2 Å². The number of hydrogen-bond acceptors (Lipinski definition) is 2. The minimum Gasteiger partial charge on any atom is -0.377 e. The maximum absolute atomic E-state index is 6.03. The Balaban J connectivity index is 1.99. The summed E-state index contributed by atoms with van der Waals surface area (Å²) in [5.41, 5.74) is 1.07. The van der Waals surface area contributed by atoms with Crippen LogP contribution in [0, 0.1) is 0 Å². The Bertz CT molecular complexity index is 304. The maximum atomic E-state index is 6.03. The molecule has 0 aliphatic rings. The van der Waals surface area contributed by atoms with Crippen LogP contribution >= 0.6 is 11.6 Å². The van der Waals surface area contributed by atoms with Crippen molar-refractivity contribution in [2.45, 2.75) is 32.3 Å². The van der Waals surface area contributed by atoms with Crippen molar-refractivity contribution in [3.05, 3.63) is 34.9 Å². The van der Waals surface area contributed by atoms with Gasteiger partial charge in [-0.05, 0) is 38.1 Å². The topological polar surface area (TPSA) is 21.3 Å². The molecule has 96 valence electrons. The van der Waals surface area contributed by atoms with E-state index < -0.39 is 0 Å². The summed E-state index contributed by atoms with van der Waals surface area (Å²) in [7, 11) is 1.99. The van der Waals surface area contributed by atoms with Gasteiger partial charge in [0.05, 0.1) is 6.61 Å². The highest BCUT2D eigenvalue weighted by atomic mass is 35.5. The molecule has 0 saturated carbocycles. The highest BCUT2D eigenvalue weighted by molar-refractivity contribution is 6.31. The van der Waals surface area contributed by atoms with Crippen molar-refractivity contribution in [2.75, 3.05) is 20.2 Å². The van der Waals surface area contributed by atoms with Crippen LogP contribution in [-0.2, 0) is 11.3 Å². The number of halogens is 1. The maximum Gasteiger partial charge on any atom is 0.0731 e. The van der Waals surface area contributed by atoms with Crippen LogP contribution in [0.5, 0.6) is 0 Å². The third-order valence-corrected chi connectivity index (χ3v) is 3.05. The van der Waals surface area contributed by atoms with Gasteiger partial charge < -0.3 is 10.1 Å². The van der Waals surface area contributed by atoms with Gasteiger partial charge in [0, 0.05) is 11.6 Å². The Kier molecular flexibility index (Phi) is 8.06. The first-order valence-corrected chi connectivity index (χ1v) is 6.68. The third-order valence-electron chi connectivity index (χ3n) is 2.68. The van der Waals surface area contributed by atoms with Crippen LogP contribution in [0.15, 0.2) is 24.3 Å². The van der Waals surface area contributed by atoms with E-state index in [1.165, 1.54) is 19.3 Å². The number of rotatable bonds is 9. The van der Waals surface area contributed by atoms with Gasteiger partial charge in [-0.25, -0.2) is 0 Å². The number of hydrogen-bond donors (Lipinski definition) is 1. The Labute approximate surface area is 109 Å². The summed E-state index contributed by atoms with van der Waals surface area (Å²) in [6, 6.07) is 7.84. The fourth-order valence-corrected chi connectivity index (χ4v) is 1.85. The zero-order valence-corrected chi connectivity index (χ0v) is 11.3. The Morgan fingerprint density at radius 1 is 1.12 bits per heavy atom. The number of nitrogens with one attached hydrogen (secondary N) is 1. The van der Waals surface area contributed by atoms with E-state index in [0.717, 1.165) is 30.2 Å². The second kappa shape index (κ2) is 9.46. The van der Waals surface area contributed by atoms with Crippen LogP contribution in [0.3, 0.4) is 0 Å². The minimum atomic E-state index is 0.621. The molecule has 1 aromatic carbocycles. The van der Waals surface area contributed by atoms with Crippen molar-refractivity contribution in [1.82, 2.24) is 5.32 Å².